The van der Waals surface area contributed by atoms with Gasteiger partial charge in [-0.1, -0.05) is 0 Å². The number of aryl methyl sites for hydroxylation is 2. The minimum Gasteiger partial charge on any atom is -0.481 e. The summed E-state index contributed by atoms with van der Waals surface area (Å²) in [6.45, 7) is 3.52. The first-order valence-electron chi connectivity index (χ1n) is 6.37. The highest BCUT2D eigenvalue weighted by molar-refractivity contribution is 7.91. The molecule has 1 saturated heterocycles. The molecular weight excluding hydrogens is 316 g/mol. The van der Waals surface area contributed by atoms with Gasteiger partial charge in [0.05, 0.1) is 34.7 Å². The number of thiazole rings is 1. The first kappa shape index (κ1) is 15.9. The molecule has 1 aliphatic rings. The molecule has 0 saturated carbocycles. The fourth-order valence-corrected chi connectivity index (χ4v) is 4.79. The number of aliphatic carboxylic acids is 1. The van der Waals surface area contributed by atoms with Crippen molar-refractivity contribution < 1.29 is 23.1 Å². The van der Waals surface area contributed by atoms with E-state index in [2.05, 4.69) is 4.98 Å². The van der Waals surface area contributed by atoms with Gasteiger partial charge >= 0.3 is 5.97 Å². The summed E-state index contributed by atoms with van der Waals surface area (Å²) in [5.41, 5.74) is 0.588. The predicted octanol–water partition coefficient (Wildman–Crippen LogP) is 0.474. The maximum atomic E-state index is 12.5. The van der Waals surface area contributed by atoms with Crippen molar-refractivity contribution in [1.82, 2.24) is 9.88 Å². The number of hydrogen-bond donors (Lipinski definition) is 1. The third kappa shape index (κ3) is 3.59. The second-order valence-electron chi connectivity index (χ2n) is 5.01. The van der Waals surface area contributed by atoms with Gasteiger partial charge in [-0.05, 0) is 13.8 Å². The number of carbonyl (C=O) groups is 2. The molecule has 2 heterocycles. The number of carbonyl (C=O) groups excluding carboxylic acids is 1. The monoisotopic (exact) mass is 332 g/mol. The normalized spacial score (nSPS) is 21.2. The minimum absolute atomic E-state index is 0.0233. The molecule has 0 radical (unpaired) electrons. The predicted molar refractivity (Wildman–Crippen MR) is 77.3 cm³/mol. The number of hydrogen-bond acceptors (Lipinski definition) is 6. The highest BCUT2D eigenvalue weighted by Crippen LogP contribution is 2.23. The van der Waals surface area contributed by atoms with Gasteiger partial charge in [0.2, 0.25) is 0 Å². The molecule has 7 nitrogen and oxygen atoms in total. The average molecular weight is 332 g/mol. The fourth-order valence-electron chi connectivity index (χ4n) is 2.38. The molecule has 1 amide bonds. The van der Waals surface area contributed by atoms with Gasteiger partial charge in [-0.3, -0.25) is 9.59 Å². The Balaban J connectivity index is 2.29. The van der Waals surface area contributed by atoms with Gasteiger partial charge in [0, 0.05) is 6.54 Å². The standard InChI is InChI=1S/C12H16N2O5S2/c1-7-11(20-8(2)13-7)12(17)14-3-4-21(18,19)6-9(14)5-10(15)16/h9H,3-6H2,1-2H3,(H,15,16). The highest BCUT2D eigenvalue weighted by atomic mass is 32.2. The molecule has 0 bridgehead atoms. The third-order valence-electron chi connectivity index (χ3n) is 3.30. The lowest BCUT2D eigenvalue weighted by atomic mass is 10.2. The smallest absolute Gasteiger partial charge is 0.305 e. The van der Waals surface area contributed by atoms with Crippen LogP contribution >= 0.6 is 11.3 Å². The number of sulfone groups is 1. The molecule has 2 rings (SSSR count). The topological polar surface area (TPSA) is 105 Å². The van der Waals surface area contributed by atoms with E-state index in [9.17, 15) is 18.0 Å². The minimum atomic E-state index is -3.30. The van der Waals surface area contributed by atoms with Crippen LogP contribution in [0.4, 0.5) is 0 Å². The van der Waals surface area contributed by atoms with Crippen molar-refractivity contribution in [1.29, 1.82) is 0 Å². The molecule has 1 atom stereocenters. The van der Waals surface area contributed by atoms with Crippen LogP contribution in [0.3, 0.4) is 0 Å². The molecule has 21 heavy (non-hydrogen) atoms. The van der Waals surface area contributed by atoms with Gasteiger partial charge in [0.1, 0.15) is 4.88 Å². The van der Waals surface area contributed by atoms with E-state index in [4.69, 9.17) is 5.11 Å². The molecule has 116 valence electrons. The van der Waals surface area contributed by atoms with Gasteiger partial charge in [0.25, 0.3) is 5.91 Å². The summed E-state index contributed by atoms with van der Waals surface area (Å²) < 4.78 is 23.4. The summed E-state index contributed by atoms with van der Waals surface area (Å²) in [4.78, 5) is 29.4. The summed E-state index contributed by atoms with van der Waals surface area (Å²) in [5, 5.41) is 9.67. The largest absolute Gasteiger partial charge is 0.481 e. The molecule has 1 unspecified atom stereocenters. The van der Waals surface area contributed by atoms with Crippen LogP contribution in [0.5, 0.6) is 0 Å². The van der Waals surface area contributed by atoms with Crippen molar-refractivity contribution in [2.24, 2.45) is 0 Å². The van der Waals surface area contributed by atoms with Crippen LogP contribution in [-0.2, 0) is 14.6 Å². The Labute approximate surface area is 126 Å². The average Bonchev–Trinajstić information content (AvgIpc) is 2.66. The van der Waals surface area contributed by atoms with E-state index in [1.807, 2.05) is 0 Å². The van der Waals surface area contributed by atoms with E-state index in [-0.39, 0.29) is 30.4 Å². The number of aromatic nitrogens is 1. The second kappa shape index (κ2) is 5.72. The SMILES string of the molecule is Cc1nc(C)c(C(=O)N2CCS(=O)(=O)CC2CC(=O)O)s1. The Morgan fingerprint density at radius 3 is 2.62 bits per heavy atom. The maximum absolute atomic E-state index is 12.5. The van der Waals surface area contributed by atoms with Crippen molar-refractivity contribution in [2.75, 3.05) is 18.1 Å². The van der Waals surface area contributed by atoms with Gasteiger partial charge < -0.3 is 10.0 Å². The van der Waals surface area contributed by atoms with Crippen LogP contribution in [0, 0.1) is 13.8 Å². The zero-order chi connectivity index (χ0) is 15.8. The Hall–Kier alpha value is -1.48. The van der Waals surface area contributed by atoms with E-state index in [1.54, 1.807) is 13.8 Å². The Bertz CT molecular complexity index is 680. The van der Waals surface area contributed by atoms with Crippen LogP contribution in [0.1, 0.15) is 26.8 Å². The Kier molecular flexibility index (Phi) is 4.33. The summed E-state index contributed by atoms with van der Waals surface area (Å²) in [6, 6.07) is -0.824. The maximum Gasteiger partial charge on any atom is 0.305 e. The quantitative estimate of drug-likeness (QED) is 0.863. The summed E-state index contributed by atoms with van der Waals surface area (Å²) in [6.07, 6.45) is -0.373. The van der Waals surface area contributed by atoms with E-state index in [0.717, 1.165) is 5.01 Å². The molecule has 1 N–H and O–H groups in total. The summed E-state index contributed by atoms with van der Waals surface area (Å²) >= 11 is 1.24. The zero-order valence-corrected chi connectivity index (χ0v) is 13.3. The van der Waals surface area contributed by atoms with E-state index < -0.39 is 21.8 Å². The van der Waals surface area contributed by atoms with Crippen molar-refractivity contribution in [3.8, 4) is 0 Å². The van der Waals surface area contributed by atoms with Gasteiger partial charge in [-0.25, -0.2) is 13.4 Å². The van der Waals surface area contributed by atoms with E-state index >= 15 is 0 Å². The van der Waals surface area contributed by atoms with Gasteiger partial charge in [-0.2, -0.15) is 0 Å². The number of carboxylic acids is 1. The van der Waals surface area contributed by atoms with Crippen molar-refractivity contribution in [2.45, 2.75) is 26.3 Å². The van der Waals surface area contributed by atoms with Crippen LogP contribution < -0.4 is 0 Å². The molecule has 1 aromatic heterocycles. The zero-order valence-electron chi connectivity index (χ0n) is 11.7. The first-order chi connectivity index (χ1) is 9.69. The third-order valence-corrected chi connectivity index (χ3v) is 6.06. The number of amides is 1. The number of carboxylic acid groups (broad SMARTS) is 1. The van der Waals surface area contributed by atoms with Crippen LogP contribution in [-0.4, -0.2) is 59.4 Å². The molecule has 9 heteroatoms. The summed E-state index contributed by atoms with van der Waals surface area (Å²) in [5.74, 6) is -1.89. The van der Waals surface area contributed by atoms with Crippen molar-refractivity contribution in [3.05, 3.63) is 15.6 Å². The molecule has 0 aliphatic carbocycles. The molecule has 0 spiro atoms. The van der Waals surface area contributed by atoms with E-state index in [0.29, 0.717) is 10.6 Å². The van der Waals surface area contributed by atoms with Crippen LogP contribution in [0.2, 0.25) is 0 Å². The van der Waals surface area contributed by atoms with Crippen LogP contribution in [0.25, 0.3) is 0 Å². The van der Waals surface area contributed by atoms with Crippen LogP contribution in [0.15, 0.2) is 0 Å². The molecule has 1 aromatic rings. The second-order valence-corrected chi connectivity index (χ2v) is 8.44. The fraction of sp³-hybridized carbons (Fsp3) is 0.583. The molecule has 1 aliphatic heterocycles. The van der Waals surface area contributed by atoms with Gasteiger partial charge in [0.15, 0.2) is 9.84 Å². The first-order valence-corrected chi connectivity index (χ1v) is 9.00. The highest BCUT2D eigenvalue weighted by Gasteiger charge is 2.36. The van der Waals surface area contributed by atoms with Crippen molar-refractivity contribution in [3.63, 3.8) is 0 Å². The van der Waals surface area contributed by atoms with Crippen molar-refractivity contribution >= 4 is 33.1 Å². The molecule has 0 aromatic carbocycles. The lowest BCUT2D eigenvalue weighted by Gasteiger charge is -2.34. The molecular formula is C12H16N2O5S2. The summed E-state index contributed by atoms with van der Waals surface area (Å²) in [7, 11) is -3.30. The van der Waals surface area contributed by atoms with E-state index in [1.165, 1.54) is 16.2 Å². The number of nitrogens with zero attached hydrogens (tertiary/aromatic N) is 2. The van der Waals surface area contributed by atoms with Gasteiger partial charge in [-0.15, -0.1) is 11.3 Å². The Morgan fingerprint density at radius 1 is 1.43 bits per heavy atom. The lowest BCUT2D eigenvalue weighted by Crippen LogP contribution is -2.51. The Morgan fingerprint density at radius 2 is 2.10 bits per heavy atom. The molecule has 1 fully saturated rings. The number of rotatable bonds is 3. The lowest BCUT2D eigenvalue weighted by molar-refractivity contribution is -0.138.